The third-order valence-electron chi connectivity index (χ3n) is 4.79. The van der Waals surface area contributed by atoms with Crippen LogP contribution in [0.15, 0.2) is 70.6 Å². The second kappa shape index (κ2) is 8.85. The minimum absolute atomic E-state index is 0.0376. The fourth-order valence-corrected chi connectivity index (χ4v) is 3.83. The molecule has 1 aromatic heterocycles. The number of alkyl halides is 3. The van der Waals surface area contributed by atoms with Crippen molar-refractivity contribution in [3.63, 3.8) is 0 Å². The summed E-state index contributed by atoms with van der Waals surface area (Å²) in [5.41, 5.74) is -0.477. The van der Waals surface area contributed by atoms with Gasteiger partial charge < -0.3 is 9.84 Å². The molecular weight excluding hydrogens is 550 g/mol. The average molecular weight is 565 g/mol. The zero-order chi connectivity index (χ0) is 23.8. The minimum Gasteiger partial charge on any atom is -0.504 e. The maximum absolute atomic E-state index is 13.3. The number of hydrogen-bond acceptors (Lipinski definition) is 5. The molecule has 0 saturated carbocycles. The topological polar surface area (TPSA) is 76.7 Å². The maximum atomic E-state index is 13.3. The predicted molar refractivity (Wildman–Crippen MR) is 127 cm³/mol. The van der Waals surface area contributed by atoms with Crippen LogP contribution in [-0.2, 0) is 6.18 Å². The van der Waals surface area contributed by atoms with E-state index in [9.17, 15) is 23.1 Å². The Bertz CT molecular complexity index is 1450. The van der Waals surface area contributed by atoms with Crippen LogP contribution in [0.5, 0.6) is 11.5 Å². The molecule has 0 fully saturated rings. The molecule has 0 amide bonds. The van der Waals surface area contributed by atoms with E-state index in [1.165, 1.54) is 31.5 Å². The van der Waals surface area contributed by atoms with Crippen LogP contribution in [0, 0.1) is 3.57 Å². The van der Waals surface area contributed by atoms with Gasteiger partial charge in [0, 0.05) is 5.56 Å². The first-order valence-electron chi connectivity index (χ1n) is 9.49. The molecular formula is C23H15F3IN3O3. The number of fused-ring (bicyclic) bond motifs is 1. The Morgan fingerprint density at radius 2 is 1.88 bits per heavy atom. The summed E-state index contributed by atoms with van der Waals surface area (Å²) in [6, 6.07) is 14.2. The van der Waals surface area contributed by atoms with Gasteiger partial charge in [-0.2, -0.15) is 22.9 Å². The largest absolute Gasteiger partial charge is 0.504 e. The van der Waals surface area contributed by atoms with Crippen molar-refractivity contribution >= 4 is 39.7 Å². The number of rotatable bonds is 4. The molecule has 3 aromatic carbocycles. The van der Waals surface area contributed by atoms with Crippen molar-refractivity contribution < 1.29 is 23.0 Å². The molecule has 0 aliphatic rings. The number of phenolic OH excluding ortho intramolecular Hbond substituents is 1. The lowest BCUT2D eigenvalue weighted by Gasteiger charge is -2.12. The Hall–Kier alpha value is -3.41. The molecule has 0 bridgehead atoms. The summed E-state index contributed by atoms with van der Waals surface area (Å²) in [5.74, 6) is 0.136. The number of para-hydroxylation sites is 1. The second-order valence-electron chi connectivity index (χ2n) is 6.95. The summed E-state index contributed by atoms with van der Waals surface area (Å²) in [6.07, 6.45) is -3.21. The molecule has 0 radical (unpaired) electrons. The molecule has 0 atom stereocenters. The van der Waals surface area contributed by atoms with Crippen LogP contribution in [0.3, 0.4) is 0 Å². The predicted octanol–water partition coefficient (Wildman–Crippen LogP) is 5.28. The normalized spacial score (nSPS) is 11.9. The third kappa shape index (κ3) is 4.56. The molecule has 1 heterocycles. The Morgan fingerprint density at radius 3 is 2.61 bits per heavy atom. The first kappa shape index (κ1) is 22.8. The van der Waals surface area contributed by atoms with Gasteiger partial charge in [-0.3, -0.25) is 4.79 Å². The summed E-state index contributed by atoms with van der Waals surface area (Å²) in [6.45, 7) is 0. The number of methoxy groups -OCH3 is 1. The second-order valence-corrected chi connectivity index (χ2v) is 8.11. The smallest absolute Gasteiger partial charge is 0.416 e. The van der Waals surface area contributed by atoms with Gasteiger partial charge in [0.25, 0.3) is 5.56 Å². The zero-order valence-corrected chi connectivity index (χ0v) is 19.1. The number of halogens is 4. The van der Waals surface area contributed by atoms with Crippen LogP contribution in [0.1, 0.15) is 11.1 Å². The quantitative estimate of drug-likeness (QED) is 0.270. The standard InChI is InChI=1S/C23H15F3IN3O3/c1-33-19-10-13(9-17(27)20(19)31)12-28-30-21(14-5-4-6-15(11-14)23(24,25)26)29-18-8-3-2-7-16(18)22(30)32/h2-12,31H,1H3. The van der Waals surface area contributed by atoms with Gasteiger partial charge in [-0.05, 0) is 64.6 Å². The molecule has 0 saturated heterocycles. The van der Waals surface area contributed by atoms with E-state index in [2.05, 4.69) is 10.1 Å². The highest BCUT2D eigenvalue weighted by Crippen LogP contribution is 2.33. The Kier molecular flexibility index (Phi) is 6.11. The lowest BCUT2D eigenvalue weighted by atomic mass is 10.1. The molecule has 6 nitrogen and oxygen atoms in total. The van der Waals surface area contributed by atoms with E-state index in [0.29, 0.717) is 14.7 Å². The lowest BCUT2D eigenvalue weighted by Crippen LogP contribution is -2.20. The van der Waals surface area contributed by atoms with Crippen LogP contribution < -0.4 is 10.3 Å². The summed E-state index contributed by atoms with van der Waals surface area (Å²) in [7, 11) is 1.40. The molecule has 0 spiro atoms. The van der Waals surface area contributed by atoms with E-state index in [0.717, 1.165) is 16.8 Å². The molecule has 0 unspecified atom stereocenters. The van der Waals surface area contributed by atoms with Crippen LogP contribution in [0.25, 0.3) is 22.3 Å². The van der Waals surface area contributed by atoms with Crippen LogP contribution in [-0.4, -0.2) is 28.1 Å². The number of nitrogens with zero attached hydrogens (tertiary/aromatic N) is 3. The van der Waals surface area contributed by atoms with Crippen molar-refractivity contribution in [1.29, 1.82) is 0 Å². The van der Waals surface area contributed by atoms with Crippen molar-refractivity contribution in [2.75, 3.05) is 7.11 Å². The molecule has 4 aromatic rings. The summed E-state index contributed by atoms with van der Waals surface area (Å²) >= 11 is 1.92. The van der Waals surface area contributed by atoms with E-state index in [-0.39, 0.29) is 28.3 Å². The first-order chi connectivity index (χ1) is 15.7. The van der Waals surface area contributed by atoms with Crippen molar-refractivity contribution in [3.05, 3.63) is 85.7 Å². The van der Waals surface area contributed by atoms with Gasteiger partial charge in [0.1, 0.15) is 0 Å². The number of benzene rings is 3. The lowest BCUT2D eigenvalue weighted by molar-refractivity contribution is -0.137. The van der Waals surface area contributed by atoms with Gasteiger partial charge in [0.2, 0.25) is 0 Å². The van der Waals surface area contributed by atoms with Crippen LogP contribution in [0.4, 0.5) is 13.2 Å². The Labute approximate surface area is 199 Å². The van der Waals surface area contributed by atoms with Gasteiger partial charge in [0.05, 0.1) is 33.4 Å². The van der Waals surface area contributed by atoms with Crippen molar-refractivity contribution in [1.82, 2.24) is 9.66 Å². The minimum atomic E-state index is -4.56. The van der Waals surface area contributed by atoms with Crippen molar-refractivity contribution in [2.24, 2.45) is 5.10 Å². The molecule has 168 valence electrons. The van der Waals surface area contributed by atoms with E-state index < -0.39 is 17.3 Å². The molecule has 4 rings (SSSR count). The van der Waals surface area contributed by atoms with Gasteiger partial charge in [0.15, 0.2) is 17.3 Å². The SMILES string of the molecule is COc1cc(C=Nn2c(-c3cccc(C(F)(F)F)c3)nc3ccccc3c2=O)cc(I)c1O. The molecule has 0 aliphatic carbocycles. The maximum Gasteiger partial charge on any atom is 0.416 e. The molecule has 33 heavy (non-hydrogen) atoms. The van der Waals surface area contributed by atoms with Gasteiger partial charge in [-0.25, -0.2) is 4.98 Å². The van der Waals surface area contributed by atoms with Crippen molar-refractivity contribution in [2.45, 2.75) is 6.18 Å². The fourth-order valence-electron chi connectivity index (χ4n) is 3.20. The number of aromatic hydroxyl groups is 1. The van der Waals surface area contributed by atoms with Gasteiger partial charge >= 0.3 is 6.18 Å². The van der Waals surface area contributed by atoms with Gasteiger partial charge in [-0.1, -0.05) is 24.3 Å². The molecule has 10 heteroatoms. The molecule has 0 aliphatic heterocycles. The van der Waals surface area contributed by atoms with E-state index in [1.807, 2.05) is 22.6 Å². The summed E-state index contributed by atoms with van der Waals surface area (Å²) in [5, 5.41) is 14.5. The monoisotopic (exact) mass is 565 g/mol. The Balaban J connectivity index is 1.93. The highest BCUT2D eigenvalue weighted by molar-refractivity contribution is 14.1. The van der Waals surface area contributed by atoms with Gasteiger partial charge in [-0.15, -0.1) is 0 Å². The van der Waals surface area contributed by atoms with Crippen LogP contribution >= 0.6 is 22.6 Å². The average Bonchev–Trinajstić information content (AvgIpc) is 2.80. The number of hydrogen-bond donors (Lipinski definition) is 1. The van der Waals surface area contributed by atoms with E-state index in [1.54, 1.807) is 30.3 Å². The third-order valence-corrected chi connectivity index (χ3v) is 5.62. The van der Waals surface area contributed by atoms with Crippen molar-refractivity contribution in [3.8, 4) is 22.9 Å². The Morgan fingerprint density at radius 1 is 1.12 bits per heavy atom. The van der Waals surface area contributed by atoms with E-state index in [4.69, 9.17) is 4.74 Å². The number of aromatic nitrogens is 2. The highest BCUT2D eigenvalue weighted by Gasteiger charge is 2.31. The number of phenols is 1. The van der Waals surface area contributed by atoms with E-state index >= 15 is 0 Å². The molecule has 1 N–H and O–H groups in total. The fraction of sp³-hybridized carbons (Fsp3) is 0.0870. The first-order valence-corrected chi connectivity index (χ1v) is 10.6. The number of ether oxygens (including phenoxy) is 1. The van der Waals surface area contributed by atoms with Crippen LogP contribution in [0.2, 0.25) is 0 Å². The zero-order valence-electron chi connectivity index (χ0n) is 17.0. The highest BCUT2D eigenvalue weighted by atomic mass is 127. The summed E-state index contributed by atoms with van der Waals surface area (Å²) < 4.78 is 46.4. The summed E-state index contributed by atoms with van der Waals surface area (Å²) in [4.78, 5) is 17.6.